The van der Waals surface area contributed by atoms with E-state index in [2.05, 4.69) is 53.4 Å². The molecule has 3 atom stereocenters. The van der Waals surface area contributed by atoms with E-state index in [0.717, 1.165) is 75.0 Å². The summed E-state index contributed by atoms with van der Waals surface area (Å²) in [6, 6.07) is 12.5. The Hall–Kier alpha value is -6.44. The Bertz CT molecular complexity index is 2910. The maximum absolute atomic E-state index is 17.1. The van der Waals surface area contributed by atoms with Crippen molar-refractivity contribution in [3.05, 3.63) is 71.6 Å². The average molecular weight is 853 g/mol. The van der Waals surface area contributed by atoms with Gasteiger partial charge in [-0.05, 0) is 73.9 Å². The molecule has 16 heteroatoms. The van der Waals surface area contributed by atoms with Gasteiger partial charge in [-0.25, -0.2) is 8.78 Å². The molecular formula is C47H46F2N10O4. The van der Waals surface area contributed by atoms with Crippen molar-refractivity contribution in [2.45, 2.75) is 56.5 Å². The van der Waals surface area contributed by atoms with E-state index in [4.69, 9.17) is 21.2 Å². The van der Waals surface area contributed by atoms with Crippen LogP contribution < -0.4 is 25.2 Å². The molecule has 11 rings (SSSR count). The highest BCUT2D eigenvalue weighted by atomic mass is 19.1. The number of hydrogen-bond acceptors (Lipinski definition) is 12. The van der Waals surface area contributed by atoms with Crippen LogP contribution in [0.2, 0.25) is 0 Å². The first-order chi connectivity index (χ1) is 30.5. The minimum Gasteiger partial charge on any atom is -0.508 e. The van der Waals surface area contributed by atoms with Crippen LogP contribution in [0.1, 0.15) is 55.7 Å². The number of fused-ring (bicyclic) bond motifs is 5. The minimum atomic E-state index is -0.741. The number of nitrogens with one attached hydrogen (secondary N) is 2. The summed E-state index contributed by atoms with van der Waals surface area (Å²) >= 11 is 0. The first kappa shape index (κ1) is 39.4. The quantitative estimate of drug-likeness (QED) is 0.131. The lowest BCUT2D eigenvalue weighted by Crippen LogP contribution is -2.51. The smallest absolute Gasteiger partial charge is 0.319 e. The monoisotopic (exact) mass is 852 g/mol. The lowest BCUT2D eigenvalue weighted by atomic mass is 9.93. The third-order valence-corrected chi connectivity index (χ3v) is 13.8. The van der Waals surface area contributed by atoms with Crippen molar-refractivity contribution in [1.29, 1.82) is 0 Å². The van der Waals surface area contributed by atoms with Crippen LogP contribution in [0.3, 0.4) is 0 Å². The molecule has 63 heavy (non-hydrogen) atoms. The molecule has 0 radical (unpaired) electrons. The molecular weight excluding hydrogens is 807 g/mol. The number of pyridine rings is 1. The predicted molar refractivity (Wildman–Crippen MR) is 234 cm³/mol. The highest BCUT2D eigenvalue weighted by Crippen LogP contribution is 2.47. The van der Waals surface area contributed by atoms with Gasteiger partial charge in [-0.2, -0.15) is 15.1 Å². The molecule has 3 N–H and O–H groups in total. The van der Waals surface area contributed by atoms with Gasteiger partial charge in [0.2, 0.25) is 11.8 Å². The van der Waals surface area contributed by atoms with E-state index in [-0.39, 0.29) is 68.8 Å². The van der Waals surface area contributed by atoms with Crippen molar-refractivity contribution in [3.8, 4) is 35.4 Å². The Balaban J connectivity index is 0.828. The summed E-state index contributed by atoms with van der Waals surface area (Å²) in [5.41, 5.74) is 2.68. The van der Waals surface area contributed by atoms with Crippen molar-refractivity contribution in [2.75, 3.05) is 62.2 Å². The van der Waals surface area contributed by atoms with Crippen molar-refractivity contribution in [3.63, 3.8) is 0 Å². The standard InChI is InChI=1S/C47H46F2N10O4/c1-3-31-36(48)10-4-26-18-30(60)20-34(39(26)31)42-40(49)43-35(21-50-42)44(59-22-27-5-6-28(23-59)51-27)54-46(53-43)63-25-47(12-13-47)24-57-14-16-58(17-15-57)29-7-8-32-37(19-29)56(2)55-41(32)33-9-11-38(61)52-45(33)62/h1,4,7-8,10,18-21,27-28,33,51,60H,5-6,9,11-17,22-25H2,2H3,(H,52,61,62). The maximum atomic E-state index is 17.1. The molecule has 2 amide bonds. The third-order valence-electron chi connectivity index (χ3n) is 13.8. The van der Waals surface area contributed by atoms with Crippen LogP contribution in [0, 0.1) is 29.4 Å². The topological polar surface area (TPSA) is 154 Å². The number of piperazine rings is 2. The van der Waals surface area contributed by atoms with Gasteiger partial charge in [-0.3, -0.25) is 29.5 Å². The third kappa shape index (κ3) is 7.03. The number of halogens is 2. The number of rotatable bonds is 9. The summed E-state index contributed by atoms with van der Waals surface area (Å²) < 4.78 is 40.4. The van der Waals surface area contributed by atoms with E-state index < -0.39 is 17.6 Å². The summed E-state index contributed by atoms with van der Waals surface area (Å²) in [7, 11) is 1.89. The molecule has 3 unspecified atom stereocenters. The molecule has 4 aliphatic heterocycles. The number of nitrogens with zero attached hydrogens (tertiary/aromatic N) is 8. The second-order valence-corrected chi connectivity index (χ2v) is 18.0. The molecule has 1 saturated carbocycles. The first-order valence-corrected chi connectivity index (χ1v) is 21.7. The van der Waals surface area contributed by atoms with E-state index in [1.807, 2.05) is 17.8 Å². The molecule has 7 heterocycles. The number of ether oxygens (including phenoxy) is 1. The SMILES string of the molecule is C#Cc1c(F)ccc2cc(O)cc(-c3ncc4c(N5CC6CCC(C5)N6)nc(OCC5(CN6CCN(c7ccc8c(C9CCC(=O)NC9=O)nn(C)c8c7)CC6)CC5)nc4c3F)c12. The zero-order valence-electron chi connectivity index (χ0n) is 34.8. The molecule has 5 fully saturated rings. The number of terminal acetylenes is 1. The van der Waals surface area contributed by atoms with Gasteiger partial charge in [0.1, 0.15) is 28.6 Å². The number of carbonyl (C=O) groups excluding carboxylic acids is 2. The predicted octanol–water partition coefficient (Wildman–Crippen LogP) is 5.14. The lowest BCUT2D eigenvalue weighted by molar-refractivity contribution is -0.134. The van der Waals surface area contributed by atoms with Crippen molar-refractivity contribution >= 4 is 55.9 Å². The Morgan fingerprint density at radius 2 is 1.76 bits per heavy atom. The Labute approximate surface area is 361 Å². The summed E-state index contributed by atoms with van der Waals surface area (Å²) in [6.45, 7) is 6.02. The summed E-state index contributed by atoms with van der Waals surface area (Å²) in [4.78, 5) is 45.6. The van der Waals surface area contributed by atoms with Crippen molar-refractivity contribution < 1.29 is 28.2 Å². The molecule has 6 aromatic rings. The van der Waals surface area contributed by atoms with E-state index in [9.17, 15) is 14.7 Å². The van der Waals surface area contributed by atoms with Gasteiger partial charge < -0.3 is 25.0 Å². The number of phenolic OH excluding ortho intramolecular Hbond substituents is 1. The van der Waals surface area contributed by atoms with Gasteiger partial charge in [0.05, 0.1) is 34.7 Å². The Morgan fingerprint density at radius 3 is 2.51 bits per heavy atom. The molecule has 1 aliphatic carbocycles. The van der Waals surface area contributed by atoms with Crippen LogP contribution in [0.15, 0.2) is 48.7 Å². The highest BCUT2D eigenvalue weighted by Gasteiger charge is 2.46. The molecule has 14 nitrogen and oxygen atoms in total. The number of aryl methyl sites for hydroxylation is 1. The fourth-order valence-electron chi connectivity index (χ4n) is 10.3. The first-order valence-electron chi connectivity index (χ1n) is 21.7. The average Bonchev–Trinajstić information content (AvgIpc) is 3.86. The van der Waals surface area contributed by atoms with Crippen molar-refractivity contribution in [1.82, 2.24) is 40.3 Å². The zero-order valence-corrected chi connectivity index (χ0v) is 34.8. The molecule has 4 saturated heterocycles. The number of phenols is 1. The fourth-order valence-corrected chi connectivity index (χ4v) is 10.3. The van der Waals surface area contributed by atoms with Crippen LogP contribution in [0.4, 0.5) is 20.3 Å². The van der Waals surface area contributed by atoms with Gasteiger partial charge in [0.15, 0.2) is 5.82 Å². The van der Waals surface area contributed by atoms with Crippen LogP contribution >= 0.6 is 0 Å². The molecule has 322 valence electrons. The van der Waals surface area contributed by atoms with E-state index in [0.29, 0.717) is 54.8 Å². The molecule has 2 bridgehead atoms. The van der Waals surface area contributed by atoms with E-state index >= 15 is 8.78 Å². The Kier molecular flexibility index (Phi) is 9.46. The second kappa shape index (κ2) is 15.1. The largest absolute Gasteiger partial charge is 0.508 e. The zero-order chi connectivity index (χ0) is 43.1. The van der Waals surface area contributed by atoms with Crippen molar-refractivity contribution in [2.24, 2.45) is 12.5 Å². The Morgan fingerprint density at radius 1 is 0.968 bits per heavy atom. The second-order valence-electron chi connectivity index (χ2n) is 18.0. The number of aromatic nitrogens is 5. The number of aromatic hydroxyl groups is 1. The van der Waals surface area contributed by atoms with Gasteiger partial charge >= 0.3 is 6.01 Å². The van der Waals surface area contributed by atoms with E-state index in [1.165, 1.54) is 24.3 Å². The number of imide groups is 1. The summed E-state index contributed by atoms with van der Waals surface area (Å²) in [6.07, 6.45) is 12.1. The highest BCUT2D eigenvalue weighted by molar-refractivity contribution is 6.04. The molecule has 3 aromatic carbocycles. The van der Waals surface area contributed by atoms with Crippen LogP contribution in [-0.2, 0) is 16.6 Å². The number of amides is 2. The maximum Gasteiger partial charge on any atom is 0.319 e. The number of piperidine rings is 1. The lowest BCUT2D eigenvalue weighted by Gasteiger charge is -2.37. The number of carbonyl (C=O) groups is 2. The summed E-state index contributed by atoms with van der Waals surface area (Å²) in [5.74, 6) is 0.472. The van der Waals surface area contributed by atoms with Crippen LogP contribution in [0.5, 0.6) is 11.8 Å². The van der Waals surface area contributed by atoms with E-state index in [1.54, 1.807) is 6.20 Å². The van der Waals surface area contributed by atoms with Gasteiger partial charge in [0, 0.05) is 105 Å². The van der Waals surface area contributed by atoms with Gasteiger partial charge in [0.25, 0.3) is 0 Å². The normalized spacial score (nSPS) is 22.2. The van der Waals surface area contributed by atoms with Gasteiger partial charge in [-0.1, -0.05) is 12.0 Å². The molecule has 3 aromatic heterocycles. The number of anilines is 2. The van der Waals surface area contributed by atoms with Crippen LogP contribution in [-0.4, -0.2) is 111 Å². The number of hydrogen-bond donors (Lipinski definition) is 3. The van der Waals surface area contributed by atoms with Gasteiger partial charge in [-0.15, -0.1) is 6.42 Å². The fraction of sp³-hybridized carbons (Fsp3) is 0.404. The molecule has 5 aliphatic rings. The molecule has 0 spiro atoms. The number of benzene rings is 3. The minimum absolute atomic E-state index is 0.0264. The summed E-state index contributed by atoms with van der Waals surface area (Å²) in [5, 5.41) is 23.6. The van der Waals surface area contributed by atoms with Crippen LogP contribution in [0.25, 0.3) is 43.8 Å².